The first-order valence-electron chi connectivity index (χ1n) is 11.6. The molecule has 1 spiro atoms. The first-order chi connectivity index (χ1) is 15.6. The third-order valence-corrected chi connectivity index (χ3v) is 8.54. The Bertz CT molecular complexity index is 977. The molecule has 0 N–H and O–H groups in total. The molecule has 2 aromatic rings. The zero-order chi connectivity index (χ0) is 22.0. The molecule has 168 valence electrons. The predicted molar refractivity (Wildman–Crippen MR) is 123 cm³/mol. The van der Waals surface area contributed by atoms with Crippen molar-refractivity contribution in [3.63, 3.8) is 0 Å². The Kier molecular flexibility index (Phi) is 6.26. The number of ether oxygens (including phenoxy) is 2. The minimum atomic E-state index is -0.668. The summed E-state index contributed by atoms with van der Waals surface area (Å²) in [4.78, 5) is 0. The Morgan fingerprint density at radius 2 is 1.81 bits per heavy atom. The molecule has 0 aromatic heterocycles. The predicted octanol–water partition coefficient (Wildman–Crippen LogP) is 5.89. The van der Waals surface area contributed by atoms with Crippen LogP contribution < -0.4 is 0 Å². The largest absolute Gasteiger partial charge is 0.348 e. The van der Waals surface area contributed by atoms with Gasteiger partial charge in [-0.05, 0) is 42.9 Å². The number of nitrogens with zero attached hydrogens (tertiary/aromatic N) is 2. The molecule has 1 aliphatic carbocycles. The Balaban J connectivity index is 1.27. The number of nitriles is 1. The molecule has 4 nitrogen and oxygen atoms in total. The molecule has 2 saturated heterocycles. The van der Waals surface area contributed by atoms with Gasteiger partial charge in [0.05, 0.1) is 24.7 Å². The highest BCUT2D eigenvalue weighted by molar-refractivity contribution is 7.97. The van der Waals surface area contributed by atoms with E-state index in [1.54, 1.807) is 6.07 Å². The van der Waals surface area contributed by atoms with Crippen LogP contribution >= 0.6 is 11.9 Å². The summed E-state index contributed by atoms with van der Waals surface area (Å²) in [6.07, 6.45) is 4.86. The van der Waals surface area contributed by atoms with Gasteiger partial charge in [0, 0.05) is 36.7 Å². The molecule has 32 heavy (non-hydrogen) atoms. The number of hydrogen-bond donors (Lipinski definition) is 0. The maximum atomic E-state index is 15.2. The minimum absolute atomic E-state index is 0.215. The van der Waals surface area contributed by atoms with Crippen LogP contribution in [0.25, 0.3) is 0 Å². The molecule has 3 fully saturated rings. The van der Waals surface area contributed by atoms with E-state index in [-0.39, 0.29) is 5.82 Å². The van der Waals surface area contributed by atoms with Gasteiger partial charge in [0.25, 0.3) is 0 Å². The molecule has 6 heteroatoms. The summed E-state index contributed by atoms with van der Waals surface area (Å²) in [6, 6.07) is 18.5. The van der Waals surface area contributed by atoms with Gasteiger partial charge in [0.1, 0.15) is 5.82 Å². The van der Waals surface area contributed by atoms with E-state index in [0.29, 0.717) is 56.3 Å². The van der Waals surface area contributed by atoms with Crippen LogP contribution in [0.3, 0.4) is 0 Å². The quantitative estimate of drug-likeness (QED) is 0.541. The van der Waals surface area contributed by atoms with Crippen LogP contribution in [-0.4, -0.2) is 29.9 Å². The Labute approximate surface area is 193 Å². The summed E-state index contributed by atoms with van der Waals surface area (Å²) >= 11 is 1.82. The van der Waals surface area contributed by atoms with Crippen LogP contribution in [-0.2, 0) is 21.4 Å². The van der Waals surface area contributed by atoms with Gasteiger partial charge < -0.3 is 9.47 Å². The van der Waals surface area contributed by atoms with Crippen molar-refractivity contribution in [3.8, 4) is 6.07 Å². The Morgan fingerprint density at radius 3 is 2.50 bits per heavy atom. The summed E-state index contributed by atoms with van der Waals surface area (Å²) < 4.78 is 29.1. The van der Waals surface area contributed by atoms with Crippen LogP contribution in [0.4, 0.5) is 4.39 Å². The number of rotatable bonds is 4. The van der Waals surface area contributed by atoms with E-state index in [9.17, 15) is 5.26 Å². The topological polar surface area (TPSA) is 45.5 Å². The smallest absolute Gasteiger partial charge is 0.168 e. The minimum Gasteiger partial charge on any atom is -0.348 e. The normalized spacial score (nSPS) is 24.9. The third-order valence-electron chi connectivity index (χ3n) is 7.17. The molecule has 1 atom stereocenters. The fraction of sp³-hybridized carbons (Fsp3) is 0.500. The van der Waals surface area contributed by atoms with Crippen molar-refractivity contribution in [2.75, 3.05) is 19.8 Å². The Morgan fingerprint density at radius 1 is 1.06 bits per heavy atom. The molecule has 1 unspecified atom stereocenters. The maximum absolute atomic E-state index is 15.2. The van der Waals surface area contributed by atoms with Gasteiger partial charge in [-0.1, -0.05) is 54.4 Å². The van der Waals surface area contributed by atoms with Crippen molar-refractivity contribution >= 4 is 11.9 Å². The zero-order valence-corrected chi connectivity index (χ0v) is 19.1. The number of halogens is 1. The fourth-order valence-corrected chi connectivity index (χ4v) is 6.58. The van der Waals surface area contributed by atoms with Crippen molar-refractivity contribution in [1.82, 2.24) is 4.31 Å². The molecule has 2 aliphatic heterocycles. The standard InChI is InChI=1S/C26H29FN2O2S/c27-23-17-22(25(19-28)10-12-26(13-11-25)30-15-16-31-26)9-8-21(23)18-29-14-4-7-24(32-29)20-5-2-1-3-6-20/h1-3,5-6,8-9,17,24H,4,7,10-16,18H2. The average molecular weight is 453 g/mol. The van der Waals surface area contributed by atoms with E-state index in [1.165, 1.54) is 5.56 Å². The highest BCUT2D eigenvalue weighted by atomic mass is 32.2. The highest BCUT2D eigenvalue weighted by Crippen LogP contribution is 2.46. The zero-order valence-electron chi connectivity index (χ0n) is 18.3. The van der Waals surface area contributed by atoms with Gasteiger partial charge in [-0.15, -0.1) is 0 Å². The SMILES string of the molecule is N#CC1(c2ccc(CN3CCCC(c4ccccc4)S3)c(F)c2)CCC2(CC1)OCCO2. The summed E-state index contributed by atoms with van der Waals surface area (Å²) in [7, 11) is 0. The van der Waals surface area contributed by atoms with E-state index < -0.39 is 11.2 Å². The van der Waals surface area contributed by atoms with Crippen LogP contribution in [0, 0.1) is 17.1 Å². The van der Waals surface area contributed by atoms with Crippen molar-refractivity contribution in [2.45, 2.75) is 61.5 Å². The molecule has 5 rings (SSSR count). The summed E-state index contributed by atoms with van der Waals surface area (Å²) in [6.45, 7) is 2.76. The van der Waals surface area contributed by atoms with Gasteiger partial charge in [0.15, 0.2) is 5.79 Å². The molecule has 3 aliphatic rings. The van der Waals surface area contributed by atoms with E-state index in [4.69, 9.17) is 9.47 Å². The van der Waals surface area contributed by atoms with Crippen LogP contribution in [0.5, 0.6) is 0 Å². The summed E-state index contributed by atoms with van der Waals surface area (Å²) in [5.74, 6) is -0.743. The molecule has 0 amide bonds. The van der Waals surface area contributed by atoms with Crippen molar-refractivity contribution in [3.05, 3.63) is 71.0 Å². The number of benzene rings is 2. The number of hydrogen-bond acceptors (Lipinski definition) is 5. The lowest BCUT2D eigenvalue weighted by Crippen LogP contribution is -2.41. The third kappa shape index (κ3) is 4.32. The van der Waals surface area contributed by atoms with Crippen molar-refractivity contribution < 1.29 is 13.9 Å². The first kappa shape index (κ1) is 21.9. The lowest BCUT2D eigenvalue weighted by atomic mass is 9.68. The molecule has 2 heterocycles. The second-order valence-corrected chi connectivity index (χ2v) is 10.4. The molecule has 2 aromatic carbocycles. The monoisotopic (exact) mass is 452 g/mol. The van der Waals surface area contributed by atoms with Gasteiger partial charge in [-0.3, -0.25) is 0 Å². The van der Waals surface area contributed by atoms with E-state index in [1.807, 2.05) is 30.1 Å². The van der Waals surface area contributed by atoms with Crippen molar-refractivity contribution in [1.29, 1.82) is 5.26 Å². The van der Waals surface area contributed by atoms with Gasteiger partial charge in [-0.2, -0.15) is 5.26 Å². The van der Waals surface area contributed by atoms with Crippen LogP contribution in [0.2, 0.25) is 0 Å². The highest BCUT2D eigenvalue weighted by Gasteiger charge is 2.47. The average Bonchev–Trinajstić information content (AvgIpc) is 3.30. The molecule has 1 saturated carbocycles. The van der Waals surface area contributed by atoms with E-state index >= 15 is 4.39 Å². The lowest BCUT2D eigenvalue weighted by molar-refractivity contribution is -0.182. The summed E-state index contributed by atoms with van der Waals surface area (Å²) in [5, 5.41) is 10.4. The Hall–Kier alpha value is -1.91. The van der Waals surface area contributed by atoms with E-state index in [0.717, 1.165) is 24.9 Å². The fourth-order valence-electron chi connectivity index (χ4n) is 5.22. The van der Waals surface area contributed by atoms with Gasteiger partial charge in [-0.25, -0.2) is 8.70 Å². The summed E-state index contributed by atoms with van der Waals surface area (Å²) in [5.41, 5.74) is 2.14. The molecular weight excluding hydrogens is 423 g/mol. The second-order valence-electron chi connectivity index (χ2n) is 9.12. The molecule has 0 bridgehead atoms. The van der Waals surface area contributed by atoms with Gasteiger partial charge >= 0.3 is 0 Å². The van der Waals surface area contributed by atoms with Gasteiger partial charge in [0.2, 0.25) is 0 Å². The molecule has 0 radical (unpaired) electrons. The first-order valence-corrected chi connectivity index (χ1v) is 12.4. The van der Waals surface area contributed by atoms with E-state index in [2.05, 4.69) is 34.6 Å². The lowest BCUT2D eigenvalue weighted by Gasteiger charge is -2.40. The van der Waals surface area contributed by atoms with Crippen LogP contribution in [0.15, 0.2) is 48.5 Å². The van der Waals surface area contributed by atoms with Crippen molar-refractivity contribution in [2.24, 2.45) is 0 Å². The second kappa shape index (κ2) is 9.15. The molecular formula is C26H29FN2O2S. The maximum Gasteiger partial charge on any atom is 0.168 e. The van der Waals surface area contributed by atoms with Crippen LogP contribution in [0.1, 0.15) is 60.5 Å².